The van der Waals surface area contributed by atoms with Crippen LogP contribution in [0.1, 0.15) is 43.2 Å². The van der Waals surface area contributed by atoms with E-state index in [0.29, 0.717) is 12.1 Å². The molecule has 2 aliphatic rings. The number of ether oxygens (including phenoxy) is 1. The zero-order valence-corrected chi connectivity index (χ0v) is 15.6. The number of piperidine rings is 1. The monoisotopic (exact) mass is 351 g/mol. The summed E-state index contributed by atoms with van der Waals surface area (Å²) in [6.45, 7) is 3.91. The first-order chi connectivity index (χ1) is 12.6. The Morgan fingerprint density at radius 1 is 1.00 bits per heavy atom. The molecule has 2 saturated heterocycles. The van der Waals surface area contributed by atoms with Crippen molar-refractivity contribution >= 4 is 0 Å². The van der Waals surface area contributed by atoms with Crippen LogP contribution in [0.2, 0.25) is 0 Å². The number of hydrogen-bond donors (Lipinski definition) is 1. The van der Waals surface area contributed by atoms with Gasteiger partial charge in [-0.15, -0.1) is 0 Å². The van der Waals surface area contributed by atoms with Crippen molar-refractivity contribution in [3.05, 3.63) is 65.7 Å². The van der Waals surface area contributed by atoms with Gasteiger partial charge in [-0.2, -0.15) is 0 Å². The van der Waals surface area contributed by atoms with E-state index in [9.17, 15) is 5.11 Å². The lowest BCUT2D eigenvalue weighted by atomic mass is 9.80. The van der Waals surface area contributed by atoms with Gasteiger partial charge in [-0.05, 0) is 56.7 Å². The molecular weight excluding hydrogens is 322 g/mol. The molecule has 1 N–H and O–H groups in total. The summed E-state index contributed by atoms with van der Waals surface area (Å²) >= 11 is 0. The van der Waals surface area contributed by atoms with Crippen molar-refractivity contribution in [3.8, 4) is 5.75 Å². The number of benzene rings is 2. The topological polar surface area (TPSA) is 32.7 Å². The van der Waals surface area contributed by atoms with Gasteiger partial charge in [0.25, 0.3) is 0 Å². The summed E-state index contributed by atoms with van der Waals surface area (Å²) in [6, 6.07) is 19.5. The summed E-state index contributed by atoms with van der Waals surface area (Å²) in [5.41, 5.74) is 1.68. The summed E-state index contributed by atoms with van der Waals surface area (Å²) in [5.74, 6) is 0.947. The fourth-order valence-corrected chi connectivity index (χ4v) is 4.73. The van der Waals surface area contributed by atoms with Crippen LogP contribution < -0.4 is 4.74 Å². The summed E-state index contributed by atoms with van der Waals surface area (Å²) < 4.78 is 5.83. The van der Waals surface area contributed by atoms with E-state index in [4.69, 9.17) is 4.74 Å². The second-order valence-corrected chi connectivity index (χ2v) is 7.94. The normalized spacial score (nSPS) is 28.2. The number of aryl methyl sites for hydroxylation is 1. The Kier molecular flexibility index (Phi) is 5.01. The van der Waals surface area contributed by atoms with Crippen LogP contribution in [-0.4, -0.2) is 35.2 Å². The van der Waals surface area contributed by atoms with E-state index >= 15 is 0 Å². The molecule has 0 spiro atoms. The summed E-state index contributed by atoms with van der Waals surface area (Å²) in [6.07, 6.45) is 5.15. The lowest BCUT2D eigenvalue weighted by Crippen LogP contribution is -2.50. The number of nitrogens with zero attached hydrogens (tertiary/aromatic N) is 1. The highest BCUT2D eigenvalue weighted by atomic mass is 16.5. The summed E-state index contributed by atoms with van der Waals surface area (Å²) in [4.78, 5) is 2.62. The fraction of sp³-hybridized carbons (Fsp3) is 0.478. The third-order valence-corrected chi connectivity index (χ3v) is 6.08. The summed E-state index contributed by atoms with van der Waals surface area (Å²) in [7, 11) is 0. The van der Waals surface area contributed by atoms with Gasteiger partial charge in [0, 0.05) is 18.6 Å². The van der Waals surface area contributed by atoms with Crippen molar-refractivity contribution in [2.75, 3.05) is 13.2 Å². The van der Waals surface area contributed by atoms with Gasteiger partial charge in [-0.1, -0.05) is 48.0 Å². The van der Waals surface area contributed by atoms with Crippen molar-refractivity contribution in [2.45, 2.75) is 56.7 Å². The Labute approximate surface area is 156 Å². The minimum absolute atomic E-state index is 0.497. The van der Waals surface area contributed by atoms with E-state index in [1.807, 2.05) is 30.3 Å². The Morgan fingerprint density at radius 3 is 2.31 bits per heavy atom. The molecule has 2 aromatic carbocycles. The zero-order chi connectivity index (χ0) is 18.0. The number of rotatable bonds is 6. The number of hydrogen-bond acceptors (Lipinski definition) is 3. The molecule has 2 aromatic rings. The molecule has 2 heterocycles. The third kappa shape index (κ3) is 3.65. The lowest BCUT2D eigenvalue weighted by molar-refractivity contribution is -0.0575. The van der Waals surface area contributed by atoms with Gasteiger partial charge >= 0.3 is 0 Å². The molecule has 0 aromatic heterocycles. The molecular formula is C23H29NO2. The Morgan fingerprint density at radius 2 is 1.65 bits per heavy atom. The molecule has 2 aliphatic heterocycles. The van der Waals surface area contributed by atoms with E-state index in [2.05, 4.69) is 36.1 Å². The maximum atomic E-state index is 11.3. The van der Waals surface area contributed by atoms with Crippen molar-refractivity contribution in [1.82, 2.24) is 4.90 Å². The fourth-order valence-electron chi connectivity index (χ4n) is 4.73. The largest absolute Gasteiger partial charge is 0.494 e. The molecule has 2 fully saturated rings. The van der Waals surface area contributed by atoms with Gasteiger partial charge in [0.05, 0.1) is 12.2 Å². The van der Waals surface area contributed by atoms with Crippen molar-refractivity contribution < 1.29 is 9.84 Å². The SMILES string of the molecule is Cc1ccc(C2(O)C[C@H]3CC[C@@H](C2)N3CCCOc2ccccc2)cc1. The third-order valence-electron chi connectivity index (χ3n) is 6.08. The first kappa shape index (κ1) is 17.6. The quantitative estimate of drug-likeness (QED) is 0.789. The van der Waals surface area contributed by atoms with Crippen LogP contribution in [0.5, 0.6) is 5.75 Å². The second-order valence-electron chi connectivity index (χ2n) is 7.94. The Balaban J connectivity index is 1.33. The molecule has 3 atom stereocenters. The van der Waals surface area contributed by atoms with Gasteiger partial charge in [-0.25, -0.2) is 0 Å². The highest BCUT2D eigenvalue weighted by Gasteiger charge is 2.47. The Bertz CT molecular complexity index is 699. The van der Waals surface area contributed by atoms with Gasteiger partial charge in [0.15, 0.2) is 0 Å². The van der Waals surface area contributed by atoms with E-state index in [-0.39, 0.29) is 0 Å². The van der Waals surface area contributed by atoms with Crippen LogP contribution in [0.25, 0.3) is 0 Å². The van der Waals surface area contributed by atoms with E-state index in [1.54, 1.807) is 0 Å². The lowest BCUT2D eigenvalue weighted by Gasteiger charge is -2.44. The van der Waals surface area contributed by atoms with E-state index in [1.165, 1.54) is 18.4 Å². The molecule has 0 amide bonds. The van der Waals surface area contributed by atoms with Crippen molar-refractivity contribution in [3.63, 3.8) is 0 Å². The predicted molar refractivity (Wildman–Crippen MR) is 104 cm³/mol. The molecule has 0 saturated carbocycles. The highest BCUT2D eigenvalue weighted by molar-refractivity contribution is 5.28. The molecule has 26 heavy (non-hydrogen) atoms. The van der Waals surface area contributed by atoms with Gasteiger partial charge < -0.3 is 9.84 Å². The molecule has 4 rings (SSSR count). The predicted octanol–water partition coefficient (Wildman–Crippen LogP) is 4.28. The summed E-state index contributed by atoms with van der Waals surface area (Å²) in [5, 5.41) is 11.3. The molecule has 1 unspecified atom stereocenters. The minimum Gasteiger partial charge on any atom is -0.494 e. The van der Waals surface area contributed by atoms with Crippen LogP contribution in [0, 0.1) is 6.92 Å². The van der Waals surface area contributed by atoms with Crippen LogP contribution in [0.15, 0.2) is 54.6 Å². The molecule has 138 valence electrons. The zero-order valence-electron chi connectivity index (χ0n) is 15.6. The molecule has 3 heteroatoms. The number of fused-ring (bicyclic) bond motifs is 2. The highest BCUT2D eigenvalue weighted by Crippen LogP contribution is 2.45. The Hall–Kier alpha value is -1.84. The molecule has 0 radical (unpaired) electrons. The number of aliphatic hydroxyl groups is 1. The van der Waals surface area contributed by atoms with Crippen molar-refractivity contribution in [1.29, 1.82) is 0 Å². The van der Waals surface area contributed by atoms with Gasteiger partial charge in [0.1, 0.15) is 5.75 Å². The molecule has 0 aliphatic carbocycles. The van der Waals surface area contributed by atoms with Crippen LogP contribution in [-0.2, 0) is 5.60 Å². The van der Waals surface area contributed by atoms with Crippen LogP contribution in [0.4, 0.5) is 0 Å². The van der Waals surface area contributed by atoms with Gasteiger partial charge in [-0.3, -0.25) is 4.90 Å². The van der Waals surface area contributed by atoms with E-state index in [0.717, 1.165) is 43.7 Å². The van der Waals surface area contributed by atoms with Crippen LogP contribution >= 0.6 is 0 Å². The first-order valence-electron chi connectivity index (χ1n) is 9.87. The molecule has 3 nitrogen and oxygen atoms in total. The average molecular weight is 351 g/mol. The van der Waals surface area contributed by atoms with Crippen molar-refractivity contribution in [2.24, 2.45) is 0 Å². The standard InChI is InChI=1S/C23H29NO2/c1-18-8-10-19(11-9-18)23(25)16-20-12-13-21(17-23)24(20)14-5-15-26-22-6-3-2-4-7-22/h2-4,6-11,20-21,25H,5,12-17H2,1H3/t20-,21+,23?. The first-order valence-corrected chi connectivity index (χ1v) is 9.87. The average Bonchev–Trinajstić information content (AvgIpc) is 2.90. The smallest absolute Gasteiger partial charge is 0.119 e. The van der Waals surface area contributed by atoms with Crippen LogP contribution in [0.3, 0.4) is 0 Å². The number of para-hydroxylation sites is 1. The second kappa shape index (κ2) is 7.42. The maximum absolute atomic E-state index is 11.3. The minimum atomic E-state index is -0.656. The molecule has 2 bridgehead atoms. The van der Waals surface area contributed by atoms with Gasteiger partial charge in [0.2, 0.25) is 0 Å². The van der Waals surface area contributed by atoms with E-state index < -0.39 is 5.60 Å². The maximum Gasteiger partial charge on any atom is 0.119 e.